The molecule has 1 heterocycles. The van der Waals surface area contributed by atoms with Gasteiger partial charge in [-0.3, -0.25) is 4.79 Å². The van der Waals surface area contributed by atoms with Gasteiger partial charge in [0.1, 0.15) is 5.69 Å². The molecule has 0 bridgehead atoms. The molecule has 4 nitrogen and oxygen atoms in total. The number of aromatic nitrogens is 1. The summed E-state index contributed by atoms with van der Waals surface area (Å²) in [7, 11) is 0. The molecule has 0 saturated carbocycles. The number of aliphatic hydroxyl groups is 1. The molecule has 0 radical (unpaired) electrons. The molecular formula is C12H19BrN2O2. The second kappa shape index (κ2) is 6.81. The molecule has 1 amide bonds. The van der Waals surface area contributed by atoms with E-state index in [1.807, 2.05) is 24.6 Å². The molecule has 0 aliphatic heterocycles. The van der Waals surface area contributed by atoms with Crippen LogP contribution in [0, 0.1) is 0 Å². The number of carbonyl (C=O) groups is 1. The molecular weight excluding hydrogens is 284 g/mol. The highest BCUT2D eigenvalue weighted by Gasteiger charge is 2.13. The molecule has 0 saturated heterocycles. The normalized spacial score (nSPS) is 12.5. The van der Waals surface area contributed by atoms with Crippen molar-refractivity contribution in [3.63, 3.8) is 0 Å². The number of rotatable bonds is 6. The third-order valence-corrected chi connectivity index (χ3v) is 2.99. The Morgan fingerprint density at radius 1 is 1.59 bits per heavy atom. The summed E-state index contributed by atoms with van der Waals surface area (Å²) in [6, 6.07) is 1.78. The lowest BCUT2D eigenvalue weighted by atomic mass is 10.2. The van der Waals surface area contributed by atoms with Crippen LogP contribution in [0.2, 0.25) is 0 Å². The highest BCUT2D eigenvalue weighted by Crippen LogP contribution is 2.14. The highest BCUT2D eigenvalue weighted by molar-refractivity contribution is 9.10. The van der Waals surface area contributed by atoms with Gasteiger partial charge in [0, 0.05) is 23.8 Å². The fraction of sp³-hybridized carbons (Fsp3) is 0.583. The molecule has 5 heteroatoms. The van der Waals surface area contributed by atoms with Gasteiger partial charge >= 0.3 is 0 Å². The first-order chi connectivity index (χ1) is 8.08. The van der Waals surface area contributed by atoms with E-state index in [2.05, 4.69) is 21.2 Å². The number of amides is 1. The number of carbonyl (C=O) groups excluding carboxylic acids is 1. The van der Waals surface area contributed by atoms with Crippen LogP contribution in [-0.4, -0.2) is 28.2 Å². The van der Waals surface area contributed by atoms with Gasteiger partial charge in [0.2, 0.25) is 0 Å². The largest absolute Gasteiger partial charge is 0.391 e. The summed E-state index contributed by atoms with van der Waals surface area (Å²) in [4.78, 5) is 11.9. The van der Waals surface area contributed by atoms with Crippen molar-refractivity contribution in [1.82, 2.24) is 9.88 Å². The average molecular weight is 303 g/mol. The molecule has 17 heavy (non-hydrogen) atoms. The maximum atomic E-state index is 11.9. The summed E-state index contributed by atoms with van der Waals surface area (Å²) >= 11 is 3.35. The predicted octanol–water partition coefficient (Wildman–Crippen LogP) is 2.16. The molecule has 1 atom stereocenters. The molecule has 1 rings (SSSR count). The summed E-state index contributed by atoms with van der Waals surface area (Å²) in [5.74, 6) is -0.146. The van der Waals surface area contributed by atoms with Crippen molar-refractivity contribution < 1.29 is 9.90 Å². The third-order valence-electron chi connectivity index (χ3n) is 2.56. The van der Waals surface area contributed by atoms with Crippen molar-refractivity contribution in [3.05, 3.63) is 22.4 Å². The number of halogens is 1. The molecule has 0 aliphatic carbocycles. The minimum atomic E-state index is -0.461. The van der Waals surface area contributed by atoms with E-state index >= 15 is 0 Å². The van der Waals surface area contributed by atoms with E-state index in [0.29, 0.717) is 18.7 Å². The van der Waals surface area contributed by atoms with Gasteiger partial charge in [-0.2, -0.15) is 0 Å². The van der Waals surface area contributed by atoms with Crippen molar-refractivity contribution in [1.29, 1.82) is 0 Å². The lowest BCUT2D eigenvalue weighted by Gasteiger charge is -2.11. The predicted molar refractivity (Wildman–Crippen MR) is 71.1 cm³/mol. The zero-order chi connectivity index (χ0) is 12.8. The van der Waals surface area contributed by atoms with E-state index in [-0.39, 0.29) is 5.91 Å². The monoisotopic (exact) mass is 302 g/mol. The smallest absolute Gasteiger partial charge is 0.268 e. The first-order valence-corrected chi connectivity index (χ1v) is 6.69. The van der Waals surface area contributed by atoms with E-state index in [4.69, 9.17) is 0 Å². The van der Waals surface area contributed by atoms with Gasteiger partial charge in [-0.15, -0.1) is 0 Å². The van der Waals surface area contributed by atoms with Crippen LogP contribution in [-0.2, 0) is 6.54 Å². The van der Waals surface area contributed by atoms with Crippen molar-refractivity contribution in [3.8, 4) is 0 Å². The number of hydrogen-bond donors (Lipinski definition) is 2. The number of aliphatic hydroxyl groups excluding tert-OH is 1. The van der Waals surface area contributed by atoms with Crippen LogP contribution in [0.3, 0.4) is 0 Å². The van der Waals surface area contributed by atoms with E-state index in [1.165, 1.54) is 0 Å². The van der Waals surface area contributed by atoms with Gasteiger partial charge in [-0.1, -0.05) is 13.3 Å². The van der Waals surface area contributed by atoms with Crippen LogP contribution in [0.1, 0.15) is 37.2 Å². The molecule has 1 aromatic rings. The highest BCUT2D eigenvalue weighted by atomic mass is 79.9. The van der Waals surface area contributed by atoms with Crippen LogP contribution >= 0.6 is 15.9 Å². The molecule has 96 valence electrons. The van der Waals surface area contributed by atoms with Crippen LogP contribution in [0.15, 0.2) is 16.7 Å². The first kappa shape index (κ1) is 14.3. The quantitative estimate of drug-likeness (QED) is 0.846. The minimum absolute atomic E-state index is 0.146. The zero-order valence-electron chi connectivity index (χ0n) is 10.2. The van der Waals surface area contributed by atoms with Crippen LogP contribution in [0.5, 0.6) is 0 Å². The standard InChI is InChI=1S/C12H19BrN2O2/c1-3-5-10(16)7-14-12(17)11-6-9(13)8-15(11)4-2/h6,8,10,16H,3-5,7H2,1-2H3,(H,14,17). The molecule has 0 spiro atoms. The number of nitrogens with one attached hydrogen (secondary N) is 1. The van der Waals surface area contributed by atoms with E-state index in [9.17, 15) is 9.90 Å². The maximum absolute atomic E-state index is 11.9. The number of nitrogens with zero attached hydrogens (tertiary/aromatic N) is 1. The molecule has 2 N–H and O–H groups in total. The molecule has 0 aromatic carbocycles. The van der Waals surface area contributed by atoms with Crippen molar-refractivity contribution in [2.24, 2.45) is 0 Å². The number of hydrogen-bond acceptors (Lipinski definition) is 2. The fourth-order valence-corrected chi connectivity index (χ4v) is 2.13. The van der Waals surface area contributed by atoms with Gasteiger partial charge in [0.05, 0.1) is 6.10 Å². The number of aryl methyl sites for hydroxylation is 1. The Morgan fingerprint density at radius 2 is 2.29 bits per heavy atom. The first-order valence-electron chi connectivity index (χ1n) is 5.90. The molecule has 1 aromatic heterocycles. The molecule has 1 unspecified atom stereocenters. The SMILES string of the molecule is CCCC(O)CNC(=O)c1cc(Br)cn1CC. The van der Waals surface area contributed by atoms with Crippen molar-refractivity contribution in [2.45, 2.75) is 39.3 Å². The van der Waals surface area contributed by atoms with Gasteiger partial charge in [-0.25, -0.2) is 0 Å². The molecule has 0 fully saturated rings. The van der Waals surface area contributed by atoms with Crippen LogP contribution in [0.25, 0.3) is 0 Å². The lowest BCUT2D eigenvalue weighted by Crippen LogP contribution is -2.33. The van der Waals surface area contributed by atoms with Crippen molar-refractivity contribution in [2.75, 3.05) is 6.54 Å². The minimum Gasteiger partial charge on any atom is -0.391 e. The average Bonchev–Trinajstić information content (AvgIpc) is 2.68. The summed E-state index contributed by atoms with van der Waals surface area (Å²) in [5, 5.41) is 12.3. The topological polar surface area (TPSA) is 54.3 Å². The summed E-state index contributed by atoms with van der Waals surface area (Å²) in [6.07, 6.45) is 3.03. The van der Waals surface area contributed by atoms with Gasteiger partial charge in [-0.05, 0) is 35.3 Å². The Labute approximate surface area is 110 Å². The van der Waals surface area contributed by atoms with Gasteiger partial charge < -0.3 is 15.0 Å². The van der Waals surface area contributed by atoms with Crippen LogP contribution in [0.4, 0.5) is 0 Å². The Hall–Kier alpha value is -0.810. The zero-order valence-corrected chi connectivity index (χ0v) is 11.8. The Kier molecular flexibility index (Phi) is 5.71. The Bertz CT molecular complexity index is 377. The second-order valence-corrected chi connectivity index (χ2v) is 4.90. The summed E-state index contributed by atoms with van der Waals surface area (Å²) in [5.41, 5.74) is 0.614. The third kappa shape index (κ3) is 4.16. The van der Waals surface area contributed by atoms with Crippen molar-refractivity contribution >= 4 is 21.8 Å². The fourth-order valence-electron chi connectivity index (χ4n) is 1.66. The maximum Gasteiger partial charge on any atom is 0.268 e. The lowest BCUT2D eigenvalue weighted by molar-refractivity contribution is 0.0901. The summed E-state index contributed by atoms with van der Waals surface area (Å²) in [6.45, 7) is 5.03. The Balaban J connectivity index is 2.57. The van der Waals surface area contributed by atoms with Gasteiger partial charge in [0.25, 0.3) is 5.91 Å². The summed E-state index contributed by atoms with van der Waals surface area (Å²) < 4.78 is 2.75. The van der Waals surface area contributed by atoms with E-state index in [0.717, 1.165) is 17.4 Å². The van der Waals surface area contributed by atoms with E-state index < -0.39 is 6.10 Å². The molecule has 0 aliphatic rings. The second-order valence-electron chi connectivity index (χ2n) is 3.98. The van der Waals surface area contributed by atoms with Gasteiger partial charge in [0.15, 0.2) is 0 Å². The van der Waals surface area contributed by atoms with E-state index in [1.54, 1.807) is 6.07 Å². The Morgan fingerprint density at radius 3 is 2.88 bits per heavy atom. The van der Waals surface area contributed by atoms with Crippen LogP contribution < -0.4 is 5.32 Å².